The summed E-state index contributed by atoms with van der Waals surface area (Å²) in [5.41, 5.74) is 0.616. The maximum atomic E-state index is 13.2. The lowest BCUT2D eigenvalue weighted by Crippen LogP contribution is -2.56. The lowest BCUT2D eigenvalue weighted by atomic mass is 9.93. The normalized spacial score (nSPS) is 18.6. The molecule has 3 aromatic rings. The van der Waals surface area contributed by atoms with E-state index in [1.165, 1.54) is 12.1 Å². The van der Waals surface area contributed by atoms with Gasteiger partial charge in [0.1, 0.15) is 6.04 Å². The Morgan fingerprint density at radius 3 is 2.08 bits per heavy atom. The van der Waals surface area contributed by atoms with Crippen LogP contribution in [0.4, 0.5) is 13.2 Å². The predicted octanol–water partition coefficient (Wildman–Crippen LogP) is 5.16. The molecule has 2 atom stereocenters. The summed E-state index contributed by atoms with van der Waals surface area (Å²) in [4.78, 5) is 21.5. The highest BCUT2D eigenvalue weighted by Gasteiger charge is 2.51. The smallest absolute Gasteiger partial charge is 0.421 e. The van der Waals surface area contributed by atoms with Crippen LogP contribution in [0, 0.1) is 0 Å². The van der Waals surface area contributed by atoms with Crippen molar-refractivity contribution in [3.05, 3.63) is 89.7 Å². The Balaban J connectivity index is 1.45. The van der Waals surface area contributed by atoms with Gasteiger partial charge in [0.2, 0.25) is 0 Å². The molecule has 0 aliphatic carbocycles. The summed E-state index contributed by atoms with van der Waals surface area (Å²) >= 11 is 0. The summed E-state index contributed by atoms with van der Waals surface area (Å²) in [6, 6.07) is 17.0. The van der Waals surface area contributed by atoms with E-state index in [2.05, 4.69) is 14.8 Å². The lowest BCUT2D eigenvalue weighted by molar-refractivity contribution is -0.258. The van der Waals surface area contributed by atoms with Crippen molar-refractivity contribution in [2.24, 2.45) is 0 Å². The maximum absolute atomic E-state index is 13.2. The van der Waals surface area contributed by atoms with Gasteiger partial charge >= 0.3 is 12.1 Å². The third-order valence-electron chi connectivity index (χ3n) is 7.03. The Morgan fingerprint density at radius 1 is 0.949 bits per heavy atom. The number of ether oxygens (including phenoxy) is 1. The van der Waals surface area contributed by atoms with E-state index >= 15 is 0 Å². The number of alkyl halides is 3. The van der Waals surface area contributed by atoms with Gasteiger partial charge in [-0.3, -0.25) is 19.6 Å². The molecule has 0 bridgehead atoms. The van der Waals surface area contributed by atoms with E-state index in [4.69, 9.17) is 4.74 Å². The highest BCUT2D eigenvalue weighted by atomic mass is 19.4. The van der Waals surface area contributed by atoms with Crippen LogP contribution in [0.3, 0.4) is 0 Å². The third-order valence-corrected chi connectivity index (χ3v) is 7.03. The van der Waals surface area contributed by atoms with E-state index in [-0.39, 0.29) is 17.6 Å². The van der Waals surface area contributed by atoms with Gasteiger partial charge in [-0.25, -0.2) is 0 Å². The number of halogens is 3. The standard InChI is InChI=1S/C30H34F3N3O3/c1-21(2)39-28(37)27-20-35(18-23-12-14-34-15-13-23)16-17-36(27)19-22-4-6-24(7-5-22)25-8-10-26(11-9-25)29(3,38)30(31,32)33/h4-15,21,27,38H,16-20H2,1-3H3/t27-,29?/m0/s1. The van der Waals surface area contributed by atoms with Crippen LogP contribution < -0.4 is 0 Å². The first-order valence-corrected chi connectivity index (χ1v) is 13.0. The van der Waals surface area contributed by atoms with Gasteiger partial charge in [0, 0.05) is 45.1 Å². The topological polar surface area (TPSA) is 65.9 Å². The van der Waals surface area contributed by atoms with E-state index in [9.17, 15) is 23.1 Å². The van der Waals surface area contributed by atoms with Crippen LogP contribution in [0.2, 0.25) is 0 Å². The molecule has 0 radical (unpaired) electrons. The minimum absolute atomic E-state index is 0.208. The highest BCUT2D eigenvalue weighted by Crippen LogP contribution is 2.39. The maximum Gasteiger partial charge on any atom is 0.421 e. The quantitative estimate of drug-likeness (QED) is 0.398. The number of rotatable bonds is 8. The van der Waals surface area contributed by atoms with Crippen LogP contribution in [0.25, 0.3) is 11.1 Å². The molecule has 1 fully saturated rings. The van der Waals surface area contributed by atoms with Crippen molar-refractivity contribution in [1.82, 2.24) is 14.8 Å². The van der Waals surface area contributed by atoms with E-state index in [0.29, 0.717) is 19.6 Å². The molecule has 1 aliphatic heterocycles. The molecule has 1 unspecified atom stereocenters. The molecule has 0 saturated carbocycles. The van der Waals surface area contributed by atoms with Crippen LogP contribution in [0.1, 0.15) is 37.5 Å². The van der Waals surface area contributed by atoms with Crippen LogP contribution in [-0.2, 0) is 28.2 Å². The van der Waals surface area contributed by atoms with Crippen molar-refractivity contribution in [3.8, 4) is 11.1 Å². The summed E-state index contributed by atoms with van der Waals surface area (Å²) in [5.74, 6) is -0.240. The van der Waals surface area contributed by atoms with Gasteiger partial charge in [-0.15, -0.1) is 0 Å². The summed E-state index contributed by atoms with van der Waals surface area (Å²) < 4.78 is 45.0. The summed E-state index contributed by atoms with van der Waals surface area (Å²) in [6.45, 7) is 7.79. The molecule has 2 aromatic carbocycles. The Kier molecular flexibility index (Phi) is 8.73. The number of hydrogen-bond donors (Lipinski definition) is 1. The average molecular weight is 542 g/mol. The zero-order chi connectivity index (χ0) is 28.2. The number of aromatic nitrogens is 1. The number of nitrogens with zero attached hydrogens (tertiary/aromatic N) is 3. The van der Waals surface area contributed by atoms with E-state index in [1.807, 2.05) is 50.2 Å². The number of carbonyl (C=O) groups is 1. The van der Waals surface area contributed by atoms with Gasteiger partial charge in [-0.05, 0) is 60.7 Å². The molecule has 2 heterocycles. The SMILES string of the molecule is CC(C)OC(=O)[C@@H]1CN(Cc2ccncc2)CCN1Cc1ccc(-c2ccc(C(C)(O)C(F)(F)F)cc2)cc1. The zero-order valence-electron chi connectivity index (χ0n) is 22.4. The number of pyridine rings is 1. The van der Waals surface area contributed by atoms with Crippen molar-refractivity contribution < 1.29 is 27.8 Å². The fourth-order valence-electron chi connectivity index (χ4n) is 4.68. The second-order valence-corrected chi connectivity index (χ2v) is 10.4. The average Bonchev–Trinajstić information content (AvgIpc) is 2.89. The number of aliphatic hydroxyl groups is 1. The minimum atomic E-state index is -4.76. The van der Waals surface area contributed by atoms with Gasteiger partial charge in [0.25, 0.3) is 0 Å². The van der Waals surface area contributed by atoms with Crippen molar-refractivity contribution in [3.63, 3.8) is 0 Å². The van der Waals surface area contributed by atoms with Crippen molar-refractivity contribution in [2.45, 2.75) is 57.8 Å². The first kappa shape index (κ1) is 28.7. The third kappa shape index (κ3) is 7.03. The molecular formula is C30H34F3N3O3. The van der Waals surface area contributed by atoms with Gasteiger partial charge in [0.15, 0.2) is 5.60 Å². The molecule has 1 aliphatic rings. The number of hydrogen-bond acceptors (Lipinski definition) is 6. The summed E-state index contributed by atoms with van der Waals surface area (Å²) in [5, 5.41) is 9.91. The largest absolute Gasteiger partial charge is 0.462 e. The molecule has 6 nitrogen and oxygen atoms in total. The molecule has 0 amide bonds. The van der Waals surface area contributed by atoms with E-state index in [0.717, 1.165) is 42.3 Å². The Hall–Kier alpha value is -3.27. The first-order chi connectivity index (χ1) is 18.4. The summed E-state index contributed by atoms with van der Waals surface area (Å²) in [6.07, 6.45) is -1.44. The van der Waals surface area contributed by atoms with Crippen molar-refractivity contribution in [2.75, 3.05) is 19.6 Å². The predicted molar refractivity (Wildman–Crippen MR) is 142 cm³/mol. The van der Waals surface area contributed by atoms with Crippen LogP contribution >= 0.6 is 0 Å². The van der Waals surface area contributed by atoms with Crippen LogP contribution in [0.5, 0.6) is 0 Å². The first-order valence-electron chi connectivity index (χ1n) is 13.0. The van der Waals surface area contributed by atoms with Gasteiger partial charge in [0.05, 0.1) is 6.10 Å². The Morgan fingerprint density at radius 2 is 1.51 bits per heavy atom. The number of esters is 1. The van der Waals surface area contributed by atoms with Crippen molar-refractivity contribution in [1.29, 1.82) is 0 Å². The minimum Gasteiger partial charge on any atom is -0.462 e. The molecule has 9 heteroatoms. The number of piperazine rings is 1. The molecule has 1 saturated heterocycles. The molecule has 4 rings (SSSR count). The Bertz CT molecular complexity index is 1230. The molecule has 1 N–H and O–H groups in total. The van der Waals surface area contributed by atoms with E-state index < -0.39 is 17.8 Å². The Labute approximate surface area is 227 Å². The van der Waals surface area contributed by atoms with Crippen LogP contribution in [0.15, 0.2) is 73.1 Å². The van der Waals surface area contributed by atoms with Gasteiger partial charge < -0.3 is 9.84 Å². The van der Waals surface area contributed by atoms with Gasteiger partial charge in [-0.1, -0.05) is 48.5 Å². The second-order valence-electron chi connectivity index (χ2n) is 10.4. The molecule has 1 aromatic heterocycles. The van der Waals surface area contributed by atoms with Crippen molar-refractivity contribution >= 4 is 5.97 Å². The molecule has 208 valence electrons. The zero-order valence-corrected chi connectivity index (χ0v) is 22.4. The fraction of sp³-hybridized carbons (Fsp3) is 0.400. The molecule has 0 spiro atoms. The lowest BCUT2D eigenvalue weighted by Gasteiger charge is -2.40. The van der Waals surface area contributed by atoms with Crippen LogP contribution in [-0.4, -0.2) is 63.8 Å². The summed E-state index contributed by atoms with van der Waals surface area (Å²) in [7, 11) is 0. The number of benzene rings is 2. The number of carbonyl (C=O) groups excluding carboxylic acids is 1. The fourth-order valence-corrected chi connectivity index (χ4v) is 4.68. The van der Waals surface area contributed by atoms with Gasteiger partial charge in [-0.2, -0.15) is 13.2 Å². The highest BCUT2D eigenvalue weighted by molar-refractivity contribution is 5.76. The monoisotopic (exact) mass is 541 g/mol. The van der Waals surface area contributed by atoms with E-state index in [1.54, 1.807) is 24.5 Å². The second kappa shape index (κ2) is 11.9. The molecule has 39 heavy (non-hydrogen) atoms. The molecular weight excluding hydrogens is 507 g/mol.